The lowest BCUT2D eigenvalue weighted by atomic mass is 10.1. The minimum Gasteiger partial charge on any atom is -0.357 e. The number of benzene rings is 2. The van der Waals surface area contributed by atoms with Gasteiger partial charge in [-0.25, -0.2) is 4.99 Å². The number of guanidine groups is 1. The van der Waals surface area contributed by atoms with Crippen LogP contribution in [0.1, 0.15) is 34.0 Å². The van der Waals surface area contributed by atoms with E-state index in [1.54, 1.807) is 25.2 Å². The maximum atomic E-state index is 11.7. The molecule has 0 bridgehead atoms. The van der Waals surface area contributed by atoms with Gasteiger partial charge in [0, 0.05) is 25.7 Å². The number of hydrogen-bond acceptors (Lipinski definition) is 3. The van der Waals surface area contributed by atoms with E-state index in [9.17, 15) is 4.79 Å². The molecule has 0 saturated heterocycles. The highest BCUT2D eigenvalue weighted by molar-refractivity contribution is 14.0. The van der Waals surface area contributed by atoms with E-state index in [0.717, 1.165) is 30.1 Å². The van der Waals surface area contributed by atoms with Crippen molar-refractivity contribution in [1.82, 2.24) is 16.0 Å². The zero-order valence-electron chi connectivity index (χ0n) is 16.2. The van der Waals surface area contributed by atoms with Gasteiger partial charge in [0.05, 0.1) is 18.2 Å². The Kier molecular flexibility index (Phi) is 10.7. The van der Waals surface area contributed by atoms with Crippen molar-refractivity contribution in [2.75, 3.05) is 20.1 Å². The summed E-state index contributed by atoms with van der Waals surface area (Å²) in [5.74, 6) is 0.659. The zero-order valence-corrected chi connectivity index (χ0v) is 18.5. The lowest BCUT2D eigenvalue weighted by Gasteiger charge is -2.12. The second kappa shape index (κ2) is 12.7. The highest BCUT2D eigenvalue weighted by Crippen LogP contribution is 2.06. The minimum atomic E-state index is -0.0814. The van der Waals surface area contributed by atoms with Crippen molar-refractivity contribution in [2.24, 2.45) is 4.99 Å². The molecule has 0 aliphatic rings. The molecule has 0 heterocycles. The molecule has 7 heteroatoms. The maximum Gasteiger partial charge on any atom is 0.251 e. The predicted octanol–water partition coefficient (Wildman–Crippen LogP) is 2.83. The molecule has 1 amide bonds. The molecule has 2 aromatic rings. The van der Waals surface area contributed by atoms with Crippen molar-refractivity contribution in [3.8, 4) is 6.07 Å². The number of amides is 1. The summed E-state index contributed by atoms with van der Waals surface area (Å²) in [6.07, 6.45) is 0.784. The Labute approximate surface area is 183 Å². The van der Waals surface area contributed by atoms with Gasteiger partial charge >= 0.3 is 0 Å². The number of nitrogens with zero attached hydrogens (tertiary/aromatic N) is 2. The van der Waals surface area contributed by atoms with Crippen LogP contribution in [0.15, 0.2) is 53.5 Å². The van der Waals surface area contributed by atoms with Crippen LogP contribution in [0.2, 0.25) is 0 Å². The van der Waals surface area contributed by atoms with Gasteiger partial charge in [-0.3, -0.25) is 4.79 Å². The summed E-state index contributed by atoms with van der Waals surface area (Å²) in [6, 6.07) is 17.1. The molecule has 2 rings (SSSR count). The Balaban J connectivity index is 0.00000392. The molecule has 0 unspecified atom stereocenters. The summed E-state index contributed by atoms with van der Waals surface area (Å²) in [5.41, 5.74) is 3.44. The number of nitrogens with one attached hydrogen (secondary N) is 3. The van der Waals surface area contributed by atoms with Gasteiger partial charge in [0.25, 0.3) is 5.91 Å². The van der Waals surface area contributed by atoms with Crippen molar-refractivity contribution in [3.05, 3.63) is 70.8 Å². The number of rotatable bonds is 7. The third-order valence-corrected chi connectivity index (χ3v) is 3.97. The number of carbonyl (C=O) groups is 1. The molecule has 0 radical (unpaired) electrons. The lowest BCUT2D eigenvalue weighted by Crippen LogP contribution is -2.38. The Morgan fingerprint density at radius 2 is 1.86 bits per heavy atom. The summed E-state index contributed by atoms with van der Waals surface area (Å²) in [5, 5.41) is 18.0. The van der Waals surface area contributed by atoms with Crippen molar-refractivity contribution >= 4 is 35.8 Å². The number of aliphatic imine (C=N–C) groups is 1. The smallest absolute Gasteiger partial charge is 0.251 e. The molecule has 0 aliphatic carbocycles. The monoisotopic (exact) mass is 491 g/mol. The SMILES string of the molecule is CCNC(=NCc1ccc(C#N)cc1)NCCc1cccc(C(=O)NC)c1.I. The third-order valence-electron chi connectivity index (χ3n) is 3.97. The van der Waals surface area contributed by atoms with Gasteiger partial charge in [0.1, 0.15) is 0 Å². The molecule has 6 nitrogen and oxygen atoms in total. The molecular formula is C21H26IN5O. The summed E-state index contributed by atoms with van der Waals surface area (Å²) >= 11 is 0. The van der Waals surface area contributed by atoms with E-state index in [-0.39, 0.29) is 29.9 Å². The lowest BCUT2D eigenvalue weighted by molar-refractivity contribution is 0.0963. The Morgan fingerprint density at radius 1 is 1.11 bits per heavy atom. The van der Waals surface area contributed by atoms with Crippen molar-refractivity contribution in [3.63, 3.8) is 0 Å². The number of nitriles is 1. The Hall–Kier alpha value is -2.60. The van der Waals surface area contributed by atoms with Crippen LogP contribution in [0.4, 0.5) is 0 Å². The average molecular weight is 491 g/mol. The largest absolute Gasteiger partial charge is 0.357 e. The van der Waals surface area contributed by atoms with Crippen LogP contribution in [0.3, 0.4) is 0 Å². The first-order valence-corrected chi connectivity index (χ1v) is 8.98. The first-order valence-electron chi connectivity index (χ1n) is 8.98. The molecule has 2 aromatic carbocycles. The van der Waals surface area contributed by atoms with Crippen LogP contribution in [0, 0.1) is 11.3 Å². The highest BCUT2D eigenvalue weighted by Gasteiger charge is 2.04. The fourth-order valence-electron chi connectivity index (χ4n) is 2.53. The zero-order chi connectivity index (χ0) is 19.5. The standard InChI is InChI=1S/C21H25N5O.HI/c1-3-24-21(26-15-18-9-7-17(14-22)8-10-18)25-12-11-16-5-4-6-19(13-16)20(27)23-2;/h4-10,13H,3,11-12,15H2,1-2H3,(H,23,27)(H2,24,25,26);1H. The summed E-state index contributed by atoms with van der Waals surface area (Å²) in [6.45, 7) is 4.03. The fourth-order valence-corrected chi connectivity index (χ4v) is 2.53. The fraction of sp³-hybridized carbons (Fsp3) is 0.286. The minimum absolute atomic E-state index is 0. The molecule has 0 atom stereocenters. The Morgan fingerprint density at radius 3 is 2.50 bits per heavy atom. The van der Waals surface area contributed by atoms with Crippen LogP contribution < -0.4 is 16.0 Å². The Bertz CT molecular complexity index is 827. The molecule has 3 N–H and O–H groups in total. The van der Waals surface area contributed by atoms with E-state index >= 15 is 0 Å². The molecule has 148 valence electrons. The molecule has 0 aromatic heterocycles. The molecule has 0 spiro atoms. The molecule has 0 saturated carbocycles. The number of carbonyl (C=O) groups excluding carboxylic acids is 1. The van der Waals surface area contributed by atoms with Crippen LogP contribution in [0.25, 0.3) is 0 Å². The summed E-state index contributed by atoms with van der Waals surface area (Å²) in [7, 11) is 1.63. The molecule has 28 heavy (non-hydrogen) atoms. The van der Waals surface area contributed by atoms with Crippen LogP contribution in [-0.2, 0) is 13.0 Å². The summed E-state index contributed by atoms with van der Waals surface area (Å²) < 4.78 is 0. The van der Waals surface area contributed by atoms with Gasteiger partial charge in [-0.2, -0.15) is 5.26 Å². The second-order valence-electron chi connectivity index (χ2n) is 5.96. The van der Waals surface area contributed by atoms with E-state index in [4.69, 9.17) is 5.26 Å². The second-order valence-corrected chi connectivity index (χ2v) is 5.96. The normalized spacial score (nSPS) is 10.4. The van der Waals surface area contributed by atoms with E-state index in [0.29, 0.717) is 24.2 Å². The van der Waals surface area contributed by atoms with E-state index < -0.39 is 0 Å². The number of halogens is 1. The topological polar surface area (TPSA) is 89.3 Å². The van der Waals surface area contributed by atoms with Crippen molar-refractivity contribution < 1.29 is 4.79 Å². The van der Waals surface area contributed by atoms with Gasteiger partial charge in [-0.15, -0.1) is 24.0 Å². The quantitative estimate of drug-likeness (QED) is 0.316. The van der Waals surface area contributed by atoms with Gasteiger partial charge in [0.2, 0.25) is 0 Å². The van der Waals surface area contributed by atoms with Gasteiger partial charge < -0.3 is 16.0 Å². The third kappa shape index (κ3) is 7.56. The molecular weight excluding hydrogens is 465 g/mol. The van der Waals surface area contributed by atoms with Crippen molar-refractivity contribution in [1.29, 1.82) is 5.26 Å². The van der Waals surface area contributed by atoms with Gasteiger partial charge in [-0.1, -0.05) is 24.3 Å². The maximum absolute atomic E-state index is 11.7. The van der Waals surface area contributed by atoms with Crippen LogP contribution in [-0.4, -0.2) is 32.0 Å². The molecule has 0 fully saturated rings. The highest BCUT2D eigenvalue weighted by atomic mass is 127. The predicted molar refractivity (Wildman–Crippen MR) is 123 cm³/mol. The number of hydrogen-bond donors (Lipinski definition) is 3. The van der Waals surface area contributed by atoms with E-state index in [1.807, 2.05) is 37.3 Å². The van der Waals surface area contributed by atoms with Crippen molar-refractivity contribution in [2.45, 2.75) is 19.9 Å². The average Bonchev–Trinajstić information content (AvgIpc) is 2.72. The van der Waals surface area contributed by atoms with Crippen LogP contribution in [0.5, 0.6) is 0 Å². The first kappa shape index (κ1) is 23.4. The first-order chi connectivity index (χ1) is 13.2. The van der Waals surface area contributed by atoms with E-state index in [1.165, 1.54) is 0 Å². The van der Waals surface area contributed by atoms with Gasteiger partial charge in [-0.05, 0) is 48.7 Å². The van der Waals surface area contributed by atoms with Crippen LogP contribution >= 0.6 is 24.0 Å². The van der Waals surface area contributed by atoms with E-state index in [2.05, 4.69) is 27.0 Å². The summed E-state index contributed by atoms with van der Waals surface area (Å²) in [4.78, 5) is 16.3. The van der Waals surface area contributed by atoms with Gasteiger partial charge in [0.15, 0.2) is 5.96 Å². The molecule has 0 aliphatic heterocycles.